The van der Waals surface area contributed by atoms with Crippen molar-refractivity contribution in [3.63, 3.8) is 0 Å². The fraction of sp³-hybridized carbons (Fsp3) is 0.714. The molecule has 6 heteroatoms. The van der Waals surface area contributed by atoms with Crippen molar-refractivity contribution in [2.45, 2.75) is 32.2 Å². The van der Waals surface area contributed by atoms with Gasteiger partial charge >= 0.3 is 0 Å². The Morgan fingerprint density at radius 3 is 2.80 bits per heavy atom. The average Bonchev–Trinajstić information content (AvgIpc) is 2.81. The zero-order chi connectivity index (χ0) is 14.8. The fourth-order valence-electron chi connectivity index (χ4n) is 2.98. The molecular weight excluding hydrogens is 292 g/mol. The van der Waals surface area contributed by atoms with Crippen LogP contribution in [0.25, 0.3) is 0 Å². The summed E-state index contributed by atoms with van der Waals surface area (Å²) >= 11 is 1.73. The van der Waals surface area contributed by atoms with Crippen LogP contribution in [-0.2, 0) is 10.0 Å². The molecule has 2 atom stereocenters. The maximum absolute atomic E-state index is 11.7. The van der Waals surface area contributed by atoms with Crippen molar-refractivity contribution in [3.8, 4) is 0 Å². The summed E-state index contributed by atoms with van der Waals surface area (Å²) < 4.78 is 25.0. The van der Waals surface area contributed by atoms with Crippen molar-refractivity contribution in [2.24, 2.45) is 5.92 Å². The van der Waals surface area contributed by atoms with Gasteiger partial charge in [-0.05, 0) is 61.0 Å². The van der Waals surface area contributed by atoms with Crippen LogP contribution in [-0.4, -0.2) is 39.1 Å². The summed E-state index contributed by atoms with van der Waals surface area (Å²) in [6.07, 6.45) is 4.40. The van der Waals surface area contributed by atoms with E-state index in [-0.39, 0.29) is 0 Å². The number of sulfonamides is 1. The summed E-state index contributed by atoms with van der Waals surface area (Å²) in [4.78, 5) is 0. The molecule has 0 aromatic carbocycles. The third kappa shape index (κ3) is 3.81. The lowest BCUT2D eigenvalue weighted by atomic mass is 9.89. The molecule has 1 N–H and O–H groups in total. The van der Waals surface area contributed by atoms with Crippen LogP contribution in [0.3, 0.4) is 0 Å². The molecule has 1 fully saturated rings. The first-order valence-electron chi connectivity index (χ1n) is 7.07. The lowest BCUT2D eigenvalue weighted by molar-refractivity contribution is 0.240. The van der Waals surface area contributed by atoms with Crippen molar-refractivity contribution in [2.75, 3.05) is 26.4 Å². The molecule has 2 heterocycles. The van der Waals surface area contributed by atoms with Crippen LogP contribution in [0.4, 0.5) is 0 Å². The minimum atomic E-state index is -3.05. The maximum atomic E-state index is 11.7. The highest BCUT2D eigenvalue weighted by molar-refractivity contribution is 7.88. The van der Waals surface area contributed by atoms with Crippen LogP contribution in [0.2, 0.25) is 0 Å². The maximum Gasteiger partial charge on any atom is 0.211 e. The summed E-state index contributed by atoms with van der Waals surface area (Å²) in [5.74, 6) is 0.440. The molecule has 2 rings (SSSR count). The molecule has 1 saturated heterocycles. The molecule has 2 unspecified atom stereocenters. The second-order valence-electron chi connectivity index (χ2n) is 5.72. The summed E-state index contributed by atoms with van der Waals surface area (Å²) in [7, 11) is -1.06. The molecule has 0 bridgehead atoms. The van der Waals surface area contributed by atoms with Gasteiger partial charge in [-0.3, -0.25) is 0 Å². The summed E-state index contributed by atoms with van der Waals surface area (Å²) in [5.41, 5.74) is 2.68. The molecular formula is C14H24N2O2S2. The van der Waals surface area contributed by atoms with Crippen LogP contribution in [0.5, 0.6) is 0 Å². The van der Waals surface area contributed by atoms with Crippen molar-refractivity contribution in [1.29, 1.82) is 0 Å². The standard InChI is InChI=1S/C14H24N2O2S2/c1-11-9-19-10-13(11)14(15-2)7-12-5-4-6-16(8-12)20(3,17)18/h9-10,12,14-15H,4-8H2,1-3H3. The molecule has 1 aromatic heterocycles. The predicted octanol–water partition coefficient (Wildman–Crippen LogP) is 2.38. The Bertz CT molecular complexity index is 539. The highest BCUT2D eigenvalue weighted by Crippen LogP contribution is 2.31. The van der Waals surface area contributed by atoms with E-state index in [4.69, 9.17) is 0 Å². The van der Waals surface area contributed by atoms with Crippen LogP contribution < -0.4 is 5.32 Å². The molecule has 1 aromatic rings. The van der Waals surface area contributed by atoms with Gasteiger partial charge in [-0.1, -0.05) is 0 Å². The number of aryl methyl sites for hydroxylation is 1. The first kappa shape index (κ1) is 15.9. The topological polar surface area (TPSA) is 49.4 Å². The number of hydrogen-bond acceptors (Lipinski definition) is 4. The lowest BCUT2D eigenvalue weighted by Gasteiger charge is -2.33. The van der Waals surface area contributed by atoms with Gasteiger partial charge in [-0.25, -0.2) is 12.7 Å². The van der Waals surface area contributed by atoms with Gasteiger partial charge < -0.3 is 5.32 Å². The van der Waals surface area contributed by atoms with Crippen molar-refractivity contribution >= 4 is 21.4 Å². The SMILES string of the molecule is CNC(CC1CCCN(S(C)(=O)=O)C1)c1cscc1C. The third-order valence-corrected chi connectivity index (χ3v) is 6.29. The fourth-order valence-corrected chi connectivity index (χ4v) is 4.83. The minimum absolute atomic E-state index is 0.325. The Balaban J connectivity index is 2.03. The first-order chi connectivity index (χ1) is 9.41. The molecule has 4 nitrogen and oxygen atoms in total. The summed E-state index contributed by atoms with van der Waals surface area (Å²) in [6.45, 7) is 3.48. The van der Waals surface area contributed by atoms with Crippen molar-refractivity contribution in [3.05, 3.63) is 21.9 Å². The minimum Gasteiger partial charge on any atom is -0.313 e. The van der Waals surface area contributed by atoms with Gasteiger partial charge in [0.15, 0.2) is 0 Å². The van der Waals surface area contributed by atoms with Gasteiger partial charge in [0, 0.05) is 19.1 Å². The van der Waals surface area contributed by atoms with E-state index in [2.05, 4.69) is 23.0 Å². The Labute approximate surface area is 126 Å². The van der Waals surface area contributed by atoms with Crippen LogP contribution >= 0.6 is 11.3 Å². The molecule has 0 aliphatic carbocycles. The van der Waals surface area contributed by atoms with E-state index < -0.39 is 10.0 Å². The molecule has 114 valence electrons. The van der Waals surface area contributed by atoms with E-state index in [0.29, 0.717) is 25.0 Å². The van der Waals surface area contributed by atoms with Crippen LogP contribution in [0.1, 0.15) is 36.4 Å². The Morgan fingerprint density at radius 1 is 1.50 bits per heavy atom. The van der Waals surface area contributed by atoms with Gasteiger partial charge in [-0.2, -0.15) is 11.3 Å². The third-order valence-electron chi connectivity index (χ3n) is 4.14. The van der Waals surface area contributed by atoms with Gasteiger partial charge in [0.1, 0.15) is 0 Å². The quantitative estimate of drug-likeness (QED) is 0.907. The van der Waals surface area contributed by atoms with Crippen LogP contribution in [0.15, 0.2) is 10.8 Å². The molecule has 1 aliphatic heterocycles. The lowest BCUT2D eigenvalue weighted by Crippen LogP contribution is -2.40. The second-order valence-corrected chi connectivity index (χ2v) is 8.44. The van der Waals surface area contributed by atoms with Gasteiger partial charge in [0.25, 0.3) is 0 Å². The smallest absolute Gasteiger partial charge is 0.211 e. The first-order valence-corrected chi connectivity index (χ1v) is 9.86. The molecule has 0 saturated carbocycles. The molecule has 1 aliphatic rings. The van der Waals surface area contributed by atoms with E-state index >= 15 is 0 Å². The van der Waals surface area contributed by atoms with E-state index in [1.54, 1.807) is 15.6 Å². The van der Waals surface area contributed by atoms with E-state index in [9.17, 15) is 8.42 Å². The zero-order valence-corrected chi connectivity index (χ0v) is 14.1. The largest absolute Gasteiger partial charge is 0.313 e. The van der Waals surface area contributed by atoms with Crippen molar-refractivity contribution in [1.82, 2.24) is 9.62 Å². The highest BCUT2D eigenvalue weighted by atomic mass is 32.2. The normalized spacial score (nSPS) is 22.9. The molecule has 0 amide bonds. The molecule has 0 radical (unpaired) electrons. The summed E-state index contributed by atoms with van der Waals surface area (Å²) in [6, 6.07) is 0.325. The Morgan fingerprint density at radius 2 is 2.25 bits per heavy atom. The average molecular weight is 316 g/mol. The van der Waals surface area contributed by atoms with E-state index in [1.165, 1.54) is 17.4 Å². The number of nitrogens with zero attached hydrogens (tertiary/aromatic N) is 1. The molecule has 0 spiro atoms. The molecule has 20 heavy (non-hydrogen) atoms. The van der Waals surface area contributed by atoms with Crippen LogP contribution in [0, 0.1) is 12.8 Å². The summed E-state index contributed by atoms with van der Waals surface area (Å²) in [5, 5.41) is 7.76. The van der Waals surface area contributed by atoms with E-state index in [0.717, 1.165) is 19.3 Å². The highest BCUT2D eigenvalue weighted by Gasteiger charge is 2.28. The number of rotatable bonds is 5. The Hall–Kier alpha value is -0.430. The van der Waals surface area contributed by atoms with E-state index in [1.807, 2.05) is 7.05 Å². The zero-order valence-electron chi connectivity index (χ0n) is 12.4. The number of hydrogen-bond donors (Lipinski definition) is 1. The monoisotopic (exact) mass is 316 g/mol. The second kappa shape index (κ2) is 6.56. The number of thiophene rings is 1. The van der Waals surface area contributed by atoms with Gasteiger partial charge in [0.05, 0.1) is 6.26 Å². The van der Waals surface area contributed by atoms with Crippen molar-refractivity contribution < 1.29 is 8.42 Å². The van der Waals surface area contributed by atoms with Gasteiger partial charge in [-0.15, -0.1) is 0 Å². The Kier molecular flexibility index (Phi) is 5.23. The number of piperidine rings is 1. The van der Waals surface area contributed by atoms with Gasteiger partial charge in [0.2, 0.25) is 10.0 Å². The number of nitrogens with one attached hydrogen (secondary N) is 1. The predicted molar refractivity (Wildman–Crippen MR) is 84.6 cm³/mol.